The summed E-state index contributed by atoms with van der Waals surface area (Å²) < 4.78 is 11.2. The van der Waals surface area contributed by atoms with Crippen LogP contribution < -0.4 is 10.1 Å². The van der Waals surface area contributed by atoms with Crippen molar-refractivity contribution < 1.29 is 9.15 Å². The lowest BCUT2D eigenvalue weighted by atomic mass is 10.0. The molecule has 1 N–H and O–H groups in total. The van der Waals surface area contributed by atoms with Crippen LogP contribution in [0.5, 0.6) is 5.75 Å². The van der Waals surface area contributed by atoms with Crippen LogP contribution in [-0.4, -0.2) is 7.05 Å². The van der Waals surface area contributed by atoms with Gasteiger partial charge in [0.25, 0.3) is 0 Å². The standard InChI is InChI=1S/C16H21NO2/c1-12(2)13-4-6-15(7-5-13)19-11-16-14(10-17-3)8-9-18-16/h4-9,12,17H,10-11H2,1-3H3. The van der Waals surface area contributed by atoms with Crippen molar-refractivity contribution in [2.75, 3.05) is 7.05 Å². The van der Waals surface area contributed by atoms with E-state index in [2.05, 4.69) is 31.3 Å². The molecule has 0 spiro atoms. The highest BCUT2D eigenvalue weighted by Crippen LogP contribution is 2.20. The molecule has 19 heavy (non-hydrogen) atoms. The van der Waals surface area contributed by atoms with E-state index in [-0.39, 0.29) is 0 Å². The molecule has 0 amide bonds. The normalized spacial score (nSPS) is 10.9. The van der Waals surface area contributed by atoms with Crippen LogP contribution in [0.25, 0.3) is 0 Å². The third-order valence-corrected chi connectivity index (χ3v) is 3.12. The summed E-state index contributed by atoms with van der Waals surface area (Å²) in [6, 6.07) is 10.2. The summed E-state index contributed by atoms with van der Waals surface area (Å²) >= 11 is 0. The Kier molecular flexibility index (Phi) is 4.63. The fourth-order valence-electron chi connectivity index (χ4n) is 1.94. The van der Waals surface area contributed by atoms with Gasteiger partial charge < -0.3 is 14.5 Å². The largest absolute Gasteiger partial charge is 0.486 e. The molecule has 1 heterocycles. The molecule has 0 unspecified atom stereocenters. The van der Waals surface area contributed by atoms with Gasteiger partial charge in [-0.2, -0.15) is 0 Å². The first-order valence-corrected chi connectivity index (χ1v) is 6.63. The lowest BCUT2D eigenvalue weighted by molar-refractivity contribution is 0.268. The number of nitrogens with one attached hydrogen (secondary N) is 1. The zero-order valence-electron chi connectivity index (χ0n) is 11.8. The van der Waals surface area contributed by atoms with E-state index in [1.165, 1.54) is 5.56 Å². The van der Waals surface area contributed by atoms with Crippen LogP contribution in [0.15, 0.2) is 41.0 Å². The molecule has 1 aromatic carbocycles. The number of ether oxygens (including phenoxy) is 1. The zero-order chi connectivity index (χ0) is 13.7. The predicted octanol–water partition coefficient (Wildman–Crippen LogP) is 3.70. The quantitative estimate of drug-likeness (QED) is 0.859. The van der Waals surface area contributed by atoms with Crippen LogP contribution in [0.3, 0.4) is 0 Å². The molecule has 0 aliphatic heterocycles. The minimum atomic E-state index is 0.463. The number of hydrogen-bond acceptors (Lipinski definition) is 3. The molecule has 0 bridgehead atoms. The third-order valence-electron chi connectivity index (χ3n) is 3.12. The number of furan rings is 1. The van der Waals surface area contributed by atoms with Crippen LogP contribution in [0.2, 0.25) is 0 Å². The summed E-state index contributed by atoms with van der Waals surface area (Å²) in [5.74, 6) is 2.29. The lowest BCUT2D eigenvalue weighted by Crippen LogP contribution is -2.07. The van der Waals surface area contributed by atoms with Crippen molar-refractivity contribution in [1.29, 1.82) is 0 Å². The van der Waals surface area contributed by atoms with E-state index in [9.17, 15) is 0 Å². The van der Waals surface area contributed by atoms with Gasteiger partial charge in [-0.15, -0.1) is 0 Å². The first-order chi connectivity index (χ1) is 9.20. The molecule has 0 aliphatic carbocycles. The Morgan fingerprint density at radius 3 is 2.53 bits per heavy atom. The van der Waals surface area contributed by atoms with Crippen LogP contribution in [-0.2, 0) is 13.2 Å². The van der Waals surface area contributed by atoms with Gasteiger partial charge in [0.1, 0.15) is 18.1 Å². The first-order valence-electron chi connectivity index (χ1n) is 6.63. The molecule has 0 fully saturated rings. The molecule has 0 radical (unpaired) electrons. The molecular weight excluding hydrogens is 238 g/mol. The minimum Gasteiger partial charge on any atom is -0.486 e. The van der Waals surface area contributed by atoms with Crippen molar-refractivity contribution in [3.8, 4) is 5.75 Å². The van der Waals surface area contributed by atoms with Gasteiger partial charge in [-0.05, 0) is 36.7 Å². The molecule has 0 saturated heterocycles. The third kappa shape index (κ3) is 3.61. The van der Waals surface area contributed by atoms with Gasteiger partial charge in [0, 0.05) is 12.1 Å². The Morgan fingerprint density at radius 2 is 1.89 bits per heavy atom. The van der Waals surface area contributed by atoms with E-state index in [1.807, 2.05) is 25.2 Å². The highest BCUT2D eigenvalue weighted by atomic mass is 16.5. The average molecular weight is 259 g/mol. The van der Waals surface area contributed by atoms with Gasteiger partial charge in [-0.25, -0.2) is 0 Å². The van der Waals surface area contributed by atoms with Crippen molar-refractivity contribution in [3.63, 3.8) is 0 Å². The van der Waals surface area contributed by atoms with Gasteiger partial charge in [-0.1, -0.05) is 26.0 Å². The second-order valence-electron chi connectivity index (χ2n) is 4.91. The summed E-state index contributed by atoms with van der Waals surface area (Å²) in [6.07, 6.45) is 1.70. The molecule has 3 heteroatoms. The lowest BCUT2D eigenvalue weighted by Gasteiger charge is -2.08. The molecule has 2 rings (SSSR count). The van der Waals surface area contributed by atoms with E-state index in [4.69, 9.17) is 9.15 Å². The Labute approximate surface area is 114 Å². The number of benzene rings is 1. The van der Waals surface area contributed by atoms with Gasteiger partial charge in [-0.3, -0.25) is 0 Å². The molecule has 2 aromatic rings. The zero-order valence-corrected chi connectivity index (χ0v) is 11.8. The minimum absolute atomic E-state index is 0.463. The maximum absolute atomic E-state index is 5.75. The first kappa shape index (κ1) is 13.7. The maximum Gasteiger partial charge on any atom is 0.146 e. The Hall–Kier alpha value is -1.74. The van der Waals surface area contributed by atoms with E-state index >= 15 is 0 Å². The highest BCUT2D eigenvalue weighted by molar-refractivity contribution is 5.29. The van der Waals surface area contributed by atoms with Crippen molar-refractivity contribution in [2.45, 2.75) is 32.9 Å². The molecule has 0 saturated carbocycles. The van der Waals surface area contributed by atoms with Crippen molar-refractivity contribution >= 4 is 0 Å². The van der Waals surface area contributed by atoms with Crippen LogP contribution in [0.1, 0.15) is 36.7 Å². The SMILES string of the molecule is CNCc1ccoc1COc1ccc(C(C)C)cc1. The summed E-state index contributed by atoms with van der Waals surface area (Å²) in [4.78, 5) is 0. The molecule has 0 aliphatic rings. The topological polar surface area (TPSA) is 34.4 Å². The Morgan fingerprint density at radius 1 is 1.16 bits per heavy atom. The van der Waals surface area contributed by atoms with E-state index < -0.39 is 0 Å². The number of rotatable bonds is 6. The summed E-state index contributed by atoms with van der Waals surface area (Å²) in [5, 5.41) is 3.11. The maximum atomic E-state index is 5.75. The van der Waals surface area contributed by atoms with Crippen molar-refractivity contribution in [1.82, 2.24) is 5.32 Å². The number of hydrogen-bond donors (Lipinski definition) is 1. The summed E-state index contributed by atoms with van der Waals surface area (Å²) in [6.45, 7) is 5.62. The molecular formula is C16H21NO2. The van der Waals surface area contributed by atoms with Gasteiger partial charge in [0.2, 0.25) is 0 Å². The van der Waals surface area contributed by atoms with Crippen LogP contribution >= 0.6 is 0 Å². The summed E-state index contributed by atoms with van der Waals surface area (Å²) in [7, 11) is 1.92. The average Bonchev–Trinajstić information content (AvgIpc) is 2.85. The highest BCUT2D eigenvalue weighted by Gasteiger charge is 2.06. The van der Waals surface area contributed by atoms with E-state index in [0.717, 1.165) is 23.6 Å². The van der Waals surface area contributed by atoms with Gasteiger partial charge in [0.05, 0.1) is 6.26 Å². The molecule has 0 atom stereocenters. The second-order valence-corrected chi connectivity index (χ2v) is 4.91. The molecule has 102 valence electrons. The fourth-order valence-corrected chi connectivity index (χ4v) is 1.94. The van der Waals surface area contributed by atoms with Crippen molar-refractivity contribution in [3.05, 3.63) is 53.5 Å². The second kappa shape index (κ2) is 6.43. The van der Waals surface area contributed by atoms with Crippen LogP contribution in [0.4, 0.5) is 0 Å². The Balaban J connectivity index is 1.96. The fraction of sp³-hybridized carbons (Fsp3) is 0.375. The Bertz CT molecular complexity index is 500. The summed E-state index contributed by atoms with van der Waals surface area (Å²) in [5.41, 5.74) is 2.46. The molecule has 3 nitrogen and oxygen atoms in total. The van der Waals surface area contributed by atoms with Gasteiger partial charge in [0.15, 0.2) is 0 Å². The predicted molar refractivity (Wildman–Crippen MR) is 76.3 cm³/mol. The van der Waals surface area contributed by atoms with Crippen LogP contribution in [0, 0.1) is 0 Å². The van der Waals surface area contributed by atoms with Crippen molar-refractivity contribution in [2.24, 2.45) is 0 Å². The van der Waals surface area contributed by atoms with E-state index in [0.29, 0.717) is 12.5 Å². The van der Waals surface area contributed by atoms with Gasteiger partial charge >= 0.3 is 0 Å². The monoisotopic (exact) mass is 259 g/mol. The molecule has 1 aromatic heterocycles. The van der Waals surface area contributed by atoms with E-state index in [1.54, 1.807) is 6.26 Å². The smallest absolute Gasteiger partial charge is 0.146 e.